The van der Waals surface area contributed by atoms with E-state index in [1.54, 1.807) is 6.07 Å². The first kappa shape index (κ1) is 13.7. The van der Waals surface area contributed by atoms with Gasteiger partial charge in [0.2, 0.25) is 0 Å². The van der Waals surface area contributed by atoms with Crippen LogP contribution in [0.4, 0.5) is 14.5 Å². The van der Waals surface area contributed by atoms with Gasteiger partial charge in [-0.15, -0.1) is 0 Å². The number of hydrogen-bond donors (Lipinski definition) is 1. The molecule has 2 aromatic carbocycles. The van der Waals surface area contributed by atoms with Crippen LogP contribution in [0.1, 0.15) is 15.9 Å². The summed E-state index contributed by atoms with van der Waals surface area (Å²) in [4.78, 5) is 12.0. The highest BCUT2D eigenvalue weighted by Gasteiger charge is 2.14. The van der Waals surface area contributed by atoms with Crippen molar-refractivity contribution < 1.29 is 13.6 Å². The molecule has 0 amide bonds. The lowest BCUT2D eigenvalue weighted by molar-refractivity contribution is 0.0992. The summed E-state index contributed by atoms with van der Waals surface area (Å²) in [5.74, 6) is -1.45. The molecule has 2 nitrogen and oxygen atoms in total. The number of carbonyl (C=O) groups excluding carboxylic acids is 1. The van der Waals surface area contributed by atoms with Gasteiger partial charge in [0.05, 0.1) is 0 Å². The summed E-state index contributed by atoms with van der Waals surface area (Å²) in [5.41, 5.74) is 6.11. The molecule has 2 rings (SSSR count). The van der Waals surface area contributed by atoms with Crippen molar-refractivity contribution >= 4 is 27.4 Å². The summed E-state index contributed by atoms with van der Waals surface area (Å²) in [6.07, 6.45) is -0.168. The van der Waals surface area contributed by atoms with Crippen LogP contribution in [0.2, 0.25) is 0 Å². The van der Waals surface area contributed by atoms with Gasteiger partial charge in [0.25, 0.3) is 0 Å². The lowest BCUT2D eigenvalue weighted by atomic mass is 10.0. The van der Waals surface area contributed by atoms with E-state index in [2.05, 4.69) is 15.9 Å². The third kappa shape index (κ3) is 3.17. The van der Waals surface area contributed by atoms with Crippen LogP contribution < -0.4 is 5.73 Å². The Labute approximate surface area is 117 Å². The van der Waals surface area contributed by atoms with Crippen LogP contribution in [0.25, 0.3) is 0 Å². The molecule has 2 aromatic rings. The zero-order valence-electron chi connectivity index (χ0n) is 9.79. The van der Waals surface area contributed by atoms with Gasteiger partial charge < -0.3 is 5.73 Å². The van der Waals surface area contributed by atoms with Crippen LogP contribution in [0.5, 0.6) is 0 Å². The van der Waals surface area contributed by atoms with E-state index < -0.39 is 17.4 Å². The van der Waals surface area contributed by atoms with E-state index >= 15 is 0 Å². The summed E-state index contributed by atoms with van der Waals surface area (Å²) >= 11 is 3.21. The predicted octanol–water partition coefficient (Wildman–Crippen LogP) is 3.73. The predicted molar refractivity (Wildman–Crippen MR) is 72.9 cm³/mol. The molecule has 5 heteroatoms. The van der Waals surface area contributed by atoms with Crippen molar-refractivity contribution in [3.05, 3.63) is 63.6 Å². The molecule has 0 heterocycles. The Morgan fingerprint density at radius 3 is 2.63 bits per heavy atom. The van der Waals surface area contributed by atoms with E-state index in [4.69, 9.17) is 5.73 Å². The first-order valence-corrected chi connectivity index (χ1v) is 6.29. The van der Waals surface area contributed by atoms with E-state index in [-0.39, 0.29) is 23.2 Å². The molecule has 0 atom stereocenters. The number of Topliss-reactive ketones (excluding diaryl/α,β-unsaturated/α-hetero) is 1. The Bertz CT molecular complexity index is 643. The fraction of sp³-hybridized carbons (Fsp3) is 0.0714. The lowest BCUT2D eigenvalue weighted by Crippen LogP contribution is -2.08. The van der Waals surface area contributed by atoms with Crippen LogP contribution >= 0.6 is 15.9 Å². The SMILES string of the molecule is Nc1ccc(F)cc1C(=O)Cc1cc(Br)ccc1F. The van der Waals surface area contributed by atoms with Crippen molar-refractivity contribution in [1.82, 2.24) is 0 Å². The average molecular weight is 326 g/mol. The smallest absolute Gasteiger partial charge is 0.169 e. The van der Waals surface area contributed by atoms with Gasteiger partial charge in [-0.25, -0.2) is 8.78 Å². The minimum Gasteiger partial charge on any atom is -0.398 e. The summed E-state index contributed by atoms with van der Waals surface area (Å²) in [6.45, 7) is 0. The van der Waals surface area contributed by atoms with Crippen molar-refractivity contribution in [2.75, 3.05) is 5.73 Å². The highest BCUT2D eigenvalue weighted by atomic mass is 79.9. The minimum absolute atomic E-state index is 0.0689. The number of nitrogens with two attached hydrogens (primary N) is 1. The highest BCUT2D eigenvalue weighted by Crippen LogP contribution is 2.20. The van der Waals surface area contributed by atoms with E-state index in [1.807, 2.05) is 0 Å². The number of hydrogen-bond acceptors (Lipinski definition) is 2. The zero-order valence-corrected chi connectivity index (χ0v) is 11.4. The van der Waals surface area contributed by atoms with Gasteiger partial charge in [-0.3, -0.25) is 4.79 Å². The maximum Gasteiger partial charge on any atom is 0.169 e. The molecular formula is C14H10BrF2NO. The van der Waals surface area contributed by atoms with Crippen LogP contribution in [0.15, 0.2) is 40.9 Å². The summed E-state index contributed by atoms with van der Waals surface area (Å²) < 4.78 is 27.3. The van der Waals surface area contributed by atoms with E-state index in [0.717, 1.165) is 6.07 Å². The largest absolute Gasteiger partial charge is 0.398 e. The van der Waals surface area contributed by atoms with E-state index in [0.29, 0.717) is 4.47 Å². The molecule has 0 saturated heterocycles. The number of nitrogen functional groups attached to an aromatic ring is 1. The second-order valence-electron chi connectivity index (χ2n) is 4.07. The number of anilines is 1. The Balaban J connectivity index is 2.30. The molecule has 0 bridgehead atoms. The quantitative estimate of drug-likeness (QED) is 0.690. The maximum absolute atomic E-state index is 13.5. The first-order chi connectivity index (χ1) is 8.97. The molecule has 0 spiro atoms. The third-order valence-corrected chi connectivity index (χ3v) is 3.17. The highest BCUT2D eigenvalue weighted by molar-refractivity contribution is 9.10. The van der Waals surface area contributed by atoms with Crippen LogP contribution in [-0.2, 0) is 6.42 Å². The molecule has 0 aliphatic carbocycles. The molecule has 98 valence electrons. The topological polar surface area (TPSA) is 43.1 Å². The van der Waals surface area contributed by atoms with Crippen molar-refractivity contribution in [3.8, 4) is 0 Å². The van der Waals surface area contributed by atoms with Crippen LogP contribution in [-0.4, -0.2) is 5.78 Å². The fourth-order valence-electron chi connectivity index (χ4n) is 1.72. The number of rotatable bonds is 3. The summed E-state index contributed by atoms with van der Waals surface area (Å²) in [5, 5.41) is 0. The van der Waals surface area contributed by atoms with E-state index in [9.17, 15) is 13.6 Å². The standard InChI is InChI=1S/C14H10BrF2NO/c15-9-1-3-12(17)8(5-9)6-14(19)11-7-10(16)2-4-13(11)18/h1-5,7H,6,18H2. The zero-order chi connectivity index (χ0) is 14.0. The molecular weight excluding hydrogens is 316 g/mol. The second-order valence-corrected chi connectivity index (χ2v) is 4.98. The van der Waals surface area contributed by atoms with Crippen LogP contribution in [0, 0.1) is 11.6 Å². The molecule has 0 unspecified atom stereocenters. The molecule has 0 aromatic heterocycles. The summed E-state index contributed by atoms with van der Waals surface area (Å²) in [7, 11) is 0. The third-order valence-electron chi connectivity index (χ3n) is 2.67. The first-order valence-electron chi connectivity index (χ1n) is 5.49. The molecule has 0 aliphatic rings. The van der Waals surface area contributed by atoms with Gasteiger partial charge in [-0.2, -0.15) is 0 Å². The average Bonchev–Trinajstić information content (AvgIpc) is 2.36. The Morgan fingerprint density at radius 1 is 1.16 bits per heavy atom. The molecule has 2 N–H and O–H groups in total. The maximum atomic E-state index is 13.5. The van der Waals surface area contributed by atoms with Gasteiger partial charge in [0, 0.05) is 22.1 Å². The Morgan fingerprint density at radius 2 is 1.89 bits per heavy atom. The number of ketones is 1. The van der Waals surface area contributed by atoms with Crippen molar-refractivity contribution in [2.24, 2.45) is 0 Å². The summed E-state index contributed by atoms with van der Waals surface area (Å²) in [6, 6.07) is 7.88. The molecule has 0 radical (unpaired) electrons. The Kier molecular flexibility index (Phi) is 3.95. The number of benzene rings is 2. The second kappa shape index (κ2) is 5.48. The molecule has 19 heavy (non-hydrogen) atoms. The normalized spacial score (nSPS) is 10.5. The molecule has 0 aliphatic heterocycles. The van der Waals surface area contributed by atoms with E-state index in [1.165, 1.54) is 24.3 Å². The number of carbonyl (C=O) groups is 1. The molecule has 0 fully saturated rings. The van der Waals surface area contributed by atoms with Crippen molar-refractivity contribution in [2.45, 2.75) is 6.42 Å². The van der Waals surface area contributed by atoms with Crippen molar-refractivity contribution in [3.63, 3.8) is 0 Å². The lowest BCUT2D eigenvalue weighted by Gasteiger charge is -2.06. The molecule has 0 saturated carbocycles. The fourth-order valence-corrected chi connectivity index (χ4v) is 2.13. The van der Waals surface area contributed by atoms with Crippen LogP contribution in [0.3, 0.4) is 0 Å². The van der Waals surface area contributed by atoms with Crippen molar-refractivity contribution in [1.29, 1.82) is 0 Å². The van der Waals surface area contributed by atoms with Gasteiger partial charge in [0.15, 0.2) is 5.78 Å². The monoisotopic (exact) mass is 325 g/mol. The van der Waals surface area contributed by atoms with Gasteiger partial charge >= 0.3 is 0 Å². The minimum atomic E-state index is -0.549. The van der Waals surface area contributed by atoms with Gasteiger partial charge in [-0.1, -0.05) is 15.9 Å². The number of halogens is 3. The van der Waals surface area contributed by atoms with Gasteiger partial charge in [-0.05, 0) is 42.0 Å². The Hall–Kier alpha value is -1.75. The van der Waals surface area contributed by atoms with Gasteiger partial charge in [0.1, 0.15) is 11.6 Å².